The van der Waals surface area contributed by atoms with E-state index in [1.807, 2.05) is 13.8 Å². The van der Waals surface area contributed by atoms with Crippen molar-refractivity contribution >= 4 is 23.2 Å². The first-order valence-corrected chi connectivity index (χ1v) is 11.6. The Morgan fingerprint density at radius 2 is 1.53 bits per heavy atom. The number of nitrogens with one attached hydrogen (secondary N) is 2. The zero-order valence-corrected chi connectivity index (χ0v) is 20.6. The molecule has 7 N–H and O–H groups in total. The van der Waals surface area contributed by atoms with Gasteiger partial charge < -0.3 is 60.0 Å². The van der Waals surface area contributed by atoms with Crippen molar-refractivity contribution in [3.05, 3.63) is 0 Å². The molecule has 198 valence electrons. The van der Waals surface area contributed by atoms with Crippen molar-refractivity contribution < 1.29 is 49.3 Å². The third-order valence-corrected chi connectivity index (χ3v) is 6.35. The van der Waals surface area contributed by atoms with E-state index in [-0.39, 0.29) is 5.11 Å². The molecule has 2 fully saturated rings. The van der Waals surface area contributed by atoms with Crippen molar-refractivity contribution in [1.82, 2.24) is 15.5 Å². The molecule has 2 aliphatic heterocycles. The van der Waals surface area contributed by atoms with Gasteiger partial charge in [0.05, 0.1) is 19.3 Å². The number of carbonyl (C=O) groups is 1. The number of amides is 1. The van der Waals surface area contributed by atoms with E-state index in [1.165, 1.54) is 14.0 Å². The van der Waals surface area contributed by atoms with E-state index in [1.54, 1.807) is 4.90 Å². The highest BCUT2D eigenvalue weighted by atomic mass is 32.1. The Kier molecular flexibility index (Phi) is 11.3. The number of carbonyl (C=O) groups excluding carboxylic acids is 1. The van der Waals surface area contributed by atoms with Crippen LogP contribution in [0.3, 0.4) is 0 Å². The van der Waals surface area contributed by atoms with Crippen molar-refractivity contribution in [3.8, 4) is 0 Å². The number of aliphatic hydroxyl groups excluding tert-OH is 5. The van der Waals surface area contributed by atoms with Gasteiger partial charge in [0.25, 0.3) is 0 Å². The number of ether oxygens (including phenoxy) is 4. The molecule has 0 unspecified atom stereocenters. The first kappa shape index (κ1) is 29.0. The van der Waals surface area contributed by atoms with Crippen molar-refractivity contribution in [3.63, 3.8) is 0 Å². The molecule has 2 heterocycles. The van der Waals surface area contributed by atoms with Gasteiger partial charge in [-0.15, -0.1) is 0 Å². The fraction of sp³-hybridized carbons (Fsp3) is 0.900. The van der Waals surface area contributed by atoms with Gasteiger partial charge in [0, 0.05) is 27.1 Å². The van der Waals surface area contributed by atoms with Crippen molar-refractivity contribution in [2.75, 3.05) is 33.4 Å². The predicted molar refractivity (Wildman–Crippen MR) is 121 cm³/mol. The summed E-state index contributed by atoms with van der Waals surface area (Å²) < 4.78 is 22.2. The quantitative estimate of drug-likeness (QED) is 0.152. The Labute approximate surface area is 203 Å². The number of methoxy groups -OCH3 is 1. The third-order valence-electron chi connectivity index (χ3n) is 5.97. The van der Waals surface area contributed by atoms with Crippen LogP contribution in [0.25, 0.3) is 0 Å². The van der Waals surface area contributed by atoms with Crippen LogP contribution >= 0.6 is 12.2 Å². The number of thiocarbonyl (C=S) groups is 1. The molecule has 34 heavy (non-hydrogen) atoms. The lowest BCUT2D eigenvalue weighted by Crippen LogP contribution is -2.69. The Morgan fingerprint density at radius 3 is 2.03 bits per heavy atom. The van der Waals surface area contributed by atoms with E-state index < -0.39 is 80.4 Å². The lowest BCUT2D eigenvalue weighted by Gasteiger charge is -2.48. The van der Waals surface area contributed by atoms with Gasteiger partial charge in [0.2, 0.25) is 5.91 Å². The highest BCUT2D eigenvalue weighted by Crippen LogP contribution is 2.29. The van der Waals surface area contributed by atoms with E-state index in [2.05, 4.69) is 10.6 Å². The topological polar surface area (TPSA) is 182 Å². The summed E-state index contributed by atoms with van der Waals surface area (Å²) in [5.41, 5.74) is 0. The SMILES string of the molecule is CCN(CC)C(=S)N[C@H]1[C@@H](O)[C@@H](CO)O[C@@H](O[C@H]2[C@H](O)[C@@H](NC(C)=O)[C@H](OC)O[C@@H]2CO)[C@@H]1O. The molecule has 0 aromatic carbocycles. The van der Waals surface area contributed by atoms with E-state index >= 15 is 0 Å². The van der Waals surface area contributed by atoms with E-state index in [9.17, 15) is 30.3 Å². The third kappa shape index (κ3) is 6.51. The predicted octanol–water partition coefficient (Wildman–Crippen LogP) is -3.38. The lowest BCUT2D eigenvalue weighted by atomic mass is 9.94. The fourth-order valence-corrected chi connectivity index (χ4v) is 4.49. The normalized spacial score (nSPS) is 38.3. The molecule has 0 aliphatic carbocycles. The van der Waals surface area contributed by atoms with E-state index in [0.717, 1.165) is 0 Å². The number of aliphatic hydroxyl groups is 5. The summed E-state index contributed by atoms with van der Waals surface area (Å²) in [4.78, 5) is 13.4. The molecule has 1 amide bonds. The van der Waals surface area contributed by atoms with Gasteiger partial charge in [-0.05, 0) is 26.1 Å². The van der Waals surface area contributed by atoms with Crippen LogP contribution < -0.4 is 10.6 Å². The van der Waals surface area contributed by atoms with E-state index in [0.29, 0.717) is 13.1 Å². The highest BCUT2D eigenvalue weighted by Gasteiger charge is 2.51. The maximum absolute atomic E-state index is 11.6. The minimum Gasteiger partial charge on any atom is -0.394 e. The van der Waals surface area contributed by atoms with Crippen LogP contribution in [0.4, 0.5) is 0 Å². The summed E-state index contributed by atoms with van der Waals surface area (Å²) in [5, 5.41) is 57.8. The molecule has 0 spiro atoms. The monoisotopic (exact) mass is 511 g/mol. The van der Waals surface area contributed by atoms with Crippen LogP contribution in [0.15, 0.2) is 0 Å². The largest absolute Gasteiger partial charge is 0.394 e. The summed E-state index contributed by atoms with van der Waals surface area (Å²) in [7, 11) is 1.32. The molecule has 2 saturated heterocycles. The summed E-state index contributed by atoms with van der Waals surface area (Å²) in [6.45, 7) is 5.08. The molecular formula is C20H37N3O10S. The minimum absolute atomic E-state index is 0.286. The number of rotatable bonds is 9. The number of hydrogen-bond donors (Lipinski definition) is 7. The maximum Gasteiger partial charge on any atom is 0.217 e. The number of nitrogens with zero attached hydrogens (tertiary/aromatic N) is 1. The molecule has 2 aliphatic rings. The molecule has 13 nitrogen and oxygen atoms in total. The molecule has 0 bridgehead atoms. The average Bonchev–Trinajstić information content (AvgIpc) is 2.81. The Morgan fingerprint density at radius 1 is 0.941 bits per heavy atom. The fourth-order valence-electron chi connectivity index (χ4n) is 4.09. The summed E-state index contributed by atoms with van der Waals surface area (Å²) in [6.07, 6.45) is -10.3. The molecule has 10 atom stereocenters. The van der Waals surface area contributed by atoms with Gasteiger partial charge in [-0.1, -0.05) is 0 Å². The molecule has 0 aromatic heterocycles. The van der Waals surface area contributed by atoms with Crippen LogP contribution in [0, 0.1) is 0 Å². The van der Waals surface area contributed by atoms with Crippen molar-refractivity contribution in [1.29, 1.82) is 0 Å². The second-order valence-corrected chi connectivity index (χ2v) is 8.52. The molecule has 0 saturated carbocycles. The van der Waals surface area contributed by atoms with Crippen LogP contribution in [-0.4, -0.2) is 136 Å². The summed E-state index contributed by atoms with van der Waals surface area (Å²) in [5.74, 6) is -0.456. The zero-order chi connectivity index (χ0) is 25.6. The van der Waals surface area contributed by atoms with Crippen LogP contribution in [0.2, 0.25) is 0 Å². The van der Waals surface area contributed by atoms with Crippen LogP contribution in [-0.2, 0) is 23.7 Å². The molecular weight excluding hydrogens is 474 g/mol. The Hall–Kier alpha value is -1.20. The first-order chi connectivity index (χ1) is 16.1. The summed E-state index contributed by atoms with van der Waals surface area (Å²) >= 11 is 5.37. The van der Waals surface area contributed by atoms with Gasteiger partial charge in [0.1, 0.15) is 42.7 Å². The van der Waals surface area contributed by atoms with Crippen molar-refractivity contribution in [2.45, 2.75) is 82.1 Å². The lowest BCUT2D eigenvalue weighted by molar-refractivity contribution is -0.336. The molecule has 2 rings (SSSR count). The molecule has 0 radical (unpaired) electrons. The minimum atomic E-state index is -1.49. The second kappa shape index (κ2) is 13.2. The molecule has 14 heteroatoms. The Balaban J connectivity index is 2.26. The number of hydrogen-bond acceptors (Lipinski definition) is 11. The smallest absolute Gasteiger partial charge is 0.217 e. The van der Waals surface area contributed by atoms with Crippen molar-refractivity contribution in [2.24, 2.45) is 0 Å². The van der Waals surface area contributed by atoms with Crippen LogP contribution in [0.1, 0.15) is 20.8 Å². The van der Waals surface area contributed by atoms with Gasteiger partial charge in [-0.2, -0.15) is 0 Å². The maximum atomic E-state index is 11.6. The summed E-state index contributed by atoms with van der Waals surface area (Å²) in [6, 6.07) is -2.12. The zero-order valence-electron chi connectivity index (χ0n) is 19.7. The van der Waals surface area contributed by atoms with Gasteiger partial charge in [-0.25, -0.2) is 0 Å². The van der Waals surface area contributed by atoms with Gasteiger partial charge >= 0.3 is 0 Å². The average molecular weight is 512 g/mol. The second-order valence-electron chi connectivity index (χ2n) is 8.13. The van der Waals surface area contributed by atoms with E-state index in [4.69, 9.17) is 31.2 Å². The van der Waals surface area contributed by atoms with Gasteiger partial charge in [-0.3, -0.25) is 4.79 Å². The standard InChI is InChI=1S/C20H37N3O10S/c1-5-23(6-2)20(34)22-12-14(27)10(7-24)31-19(16(12)29)33-17-11(8-25)32-18(30-4)13(15(17)28)21-9(3)26/h10-19,24-25,27-29H,5-8H2,1-4H3,(H,21,26)(H,22,34)/t10-,11-,12+,13-,14+,15-,16-,17-,18-,19+/m1/s1. The first-order valence-electron chi connectivity index (χ1n) is 11.2. The van der Waals surface area contributed by atoms with Gasteiger partial charge in [0.15, 0.2) is 17.7 Å². The highest BCUT2D eigenvalue weighted by molar-refractivity contribution is 7.80. The van der Waals surface area contributed by atoms with Crippen LogP contribution in [0.5, 0.6) is 0 Å². The molecule has 0 aromatic rings. The Bertz CT molecular complexity index is 673.